The molecule has 0 spiro atoms. The van der Waals surface area contributed by atoms with Gasteiger partial charge < -0.3 is 9.47 Å². The first-order valence-electron chi connectivity index (χ1n) is 12.5. The maximum absolute atomic E-state index is 12.9. The second-order valence-corrected chi connectivity index (χ2v) is 9.75. The summed E-state index contributed by atoms with van der Waals surface area (Å²) in [5.74, 6) is 1.31. The Kier molecular flexibility index (Phi) is 11.2. The molecule has 0 bridgehead atoms. The van der Waals surface area contributed by atoms with Crippen LogP contribution in [0.4, 0.5) is 0 Å². The number of carbonyl (C=O) groups excluding carboxylic acids is 1. The molecule has 0 aliphatic carbocycles. The monoisotopic (exact) mass is 450 g/mol. The third kappa shape index (κ3) is 9.45. The highest BCUT2D eigenvalue weighted by molar-refractivity contribution is 6.08. The van der Waals surface area contributed by atoms with Gasteiger partial charge in [-0.05, 0) is 41.7 Å². The minimum Gasteiger partial charge on any atom is -0.497 e. The van der Waals surface area contributed by atoms with Crippen LogP contribution in [0.3, 0.4) is 0 Å². The molecule has 2 aromatic carbocycles. The van der Waals surface area contributed by atoms with E-state index in [2.05, 4.69) is 52.0 Å². The van der Waals surface area contributed by atoms with E-state index in [9.17, 15) is 4.79 Å². The molecule has 33 heavy (non-hydrogen) atoms. The van der Waals surface area contributed by atoms with Crippen molar-refractivity contribution < 1.29 is 14.3 Å². The summed E-state index contributed by atoms with van der Waals surface area (Å²) in [5, 5.41) is 0. The predicted octanol–water partition coefficient (Wildman–Crippen LogP) is 8.37. The number of benzene rings is 2. The molecule has 0 saturated heterocycles. The van der Waals surface area contributed by atoms with Crippen molar-refractivity contribution in [2.45, 2.75) is 84.5 Å². The van der Waals surface area contributed by atoms with Crippen LogP contribution in [0.25, 0.3) is 5.76 Å². The normalized spacial score (nSPS) is 12.0. The molecule has 0 amide bonds. The molecular formula is C30H42O3. The van der Waals surface area contributed by atoms with E-state index in [4.69, 9.17) is 9.47 Å². The molecule has 0 aromatic heterocycles. The van der Waals surface area contributed by atoms with Crippen molar-refractivity contribution in [1.29, 1.82) is 0 Å². The first-order chi connectivity index (χ1) is 15.8. The number of unbranched alkanes of at least 4 members (excludes halogenated alkanes) is 7. The summed E-state index contributed by atoms with van der Waals surface area (Å²) in [6, 6.07) is 15.6. The SMILES string of the molecule is CCCCCCCCCCO/C(=C\C(=O)c1ccc(OC)cc1)c1ccc(C(C)(C)C)cc1. The number of carbonyl (C=O) groups is 1. The minimum absolute atomic E-state index is 0.0662. The van der Waals surface area contributed by atoms with Crippen molar-refractivity contribution in [2.75, 3.05) is 13.7 Å². The van der Waals surface area contributed by atoms with Gasteiger partial charge in [0.1, 0.15) is 11.5 Å². The van der Waals surface area contributed by atoms with Gasteiger partial charge in [0.25, 0.3) is 0 Å². The van der Waals surface area contributed by atoms with E-state index in [0.29, 0.717) is 17.9 Å². The second-order valence-electron chi connectivity index (χ2n) is 9.75. The van der Waals surface area contributed by atoms with Gasteiger partial charge in [-0.25, -0.2) is 0 Å². The Morgan fingerprint density at radius 1 is 0.788 bits per heavy atom. The topological polar surface area (TPSA) is 35.5 Å². The summed E-state index contributed by atoms with van der Waals surface area (Å²) < 4.78 is 11.4. The zero-order chi connectivity index (χ0) is 24.1. The van der Waals surface area contributed by atoms with E-state index >= 15 is 0 Å². The maximum atomic E-state index is 12.9. The molecular weight excluding hydrogens is 408 g/mol. The highest BCUT2D eigenvalue weighted by Gasteiger charge is 2.15. The van der Waals surface area contributed by atoms with E-state index in [1.54, 1.807) is 37.5 Å². The molecule has 0 atom stereocenters. The molecule has 0 unspecified atom stereocenters. The standard InChI is InChI=1S/C30H42O3/c1-6-7-8-9-10-11-12-13-22-33-29(25-14-18-26(19-15-25)30(2,3)4)23-28(31)24-16-20-27(32-5)21-17-24/h14-21,23H,6-13,22H2,1-5H3/b29-23-. The van der Waals surface area contributed by atoms with Crippen LogP contribution in [0.5, 0.6) is 5.75 Å². The van der Waals surface area contributed by atoms with Crippen LogP contribution in [0.15, 0.2) is 54.6 Å². The highest BCUT2D eigenvalue weighted by atomic mass is 16.5. The van der Waals surface area contributed by atoms with Gasteiger partial charge in [-0.15, -0.1) is 0 Å². The van der Waals surface area contributed by atoms with Crippen LogP contribution in [-0.2, 0) is 10.2 Å². The molecule has 0 radical (unpaired) electrons. The van der Waals surface area contributed by atoms with Crippen LogP contribution in [0, 0.1) is 0 Å². The first kappa shape index (κ1) is 26.7. The van der Waals surface area contributed by atoms with E-state index in [-0.39, 0.29) is 11.2 Å². The van der Waals surface area contributed by atoms with Gasteiger partial charge in [-0.3, -0.25) is 4.79 Å². The summed E-state index contributed by atoms with van der Waals surface area (Å²) in [5.41, 5.74) is 2.90. The highest BCUT2D eigenvalue weighted by Crippen LogP contribution is 2.25. The van der Waals surface area contributed by atoms with Crippen LogP contribution >= 0.6 is 0 Å². The van der Waals surface area contributed by atoms with Gasteiger partial charge in [0, 0.05) is 17.2 Å². The van der Waals surface area contributed by atoms with Gasteiger partial charge in [0.2, 0.25) is 0 Å². The fourth-order valence-corrected chi connectivity index (χ4v) is 3.72. The van der Waals surface area contributed by atoms with Crippen LogP contribution in [-0.4, -0.2) is 19.5 Å². The van der Waals surface area contributed by atoms with Crippen LogP contribution in [0.2, 0.25) is 0 Å². The number of hydrogen-bond acceptors (Lipinski definition) is 3. The Hall–Kier alpha value is -2.55. The number of hydrogen-bond donors (Lipinski definition) is 0. The van der Waals surface area contributed by atoms with Gasteiger partial charge in [0.05, 0.1) is 13.7 Å². The molecule has 0 heterocycles. The molecule has 0 N–H and O–H groups in total. The zero-order valence-corrected chi connectivity index (χ0v) is 21.3. The molecule has 0 aliphatic rings. The van der Waals surface area contributed by atoms with Gasteiger partial charge >= 0.3 is 0 Å². The molecule has 0 saturated carbocycles. The van der Waals surface area contributed by atoms with Crippen LogP contribution < -0.4 is 4.74 Å². The zero-order valence-electron chi connectivity index (χ0n) is 21.3. The summed E-state index contributed by atoms with van der Waals surface area (Å²) >= 11 is 0. The van der Waals surface area contributed by atoms with Gasteiger partial charge in [-0.2, -0.15) is 0 Å². The van der Waals surface area contributed by atoms with Crippen molar-refractivity contribution in [1.82, 2.24) is 0 Å². The van der Waals surface area contributed by atoms with E-state index in [1.165, 1.54) is 44.1 Å². The third-order valence-corrected chi connectivity index (χ3v) is 5.93. The first-order valence-corrected chi connectivity index (χ1v) is 12.5. The molecule has 2 aromatic rings. The average molecular weight is 451 g/mol. The van der Waals surface area contributed by atoms with Crippen LogP contribution in [0.1, 0.15) is 101 Å². The summed E-state index contributed by atoms with van der Waals surface area (Å²) in [4.78, 5) is 12.9. The van der Waals surface area contributed by atoms with E-state index in [1.807, 2.05) is 0 Å². The fraction of sp³-hybridized carbons (Fsp3) is 0.500. The Bertz CT molecular complexity index is 855. The summed E-state index contributed by atoms with van der Waals surface area (Å²) in [6.07, 6.45) is 11.6. The maximum Gasteiger partial charge on any atom is 0.189 e. The minimum atomic E-state index is -0.0662. The van der Waals surface area contributed by atoms with Crippen molar-refractivity contribution >= 4 is 11.5 Å². The van der Waals surface area contributed by atoms with Crippen molar-refractivity contribution in [3.63, 3.8) is 0 Å². The van der Waals surface area contributed by atoms with Gasteiger partial charge in [-0.1, -0.05) is 96.9 Å². The molecule has 2 rings (SSSR count). The number of allylic oxidation sites excluding steroid dienone is 1. The Morgan fingerprint density at radius 3 is 1.88 bits per heavy atom. The average Bonchev–Trinajstić information content (AvgIpc) is 2.81. The Labute approximate surface area is 201 Å². The third-order valence-electron chi connectivity index (χ3n) is 5.93. The van der Waals surface area contributed by atoms with E-state index < -0.39 is 0 Å². The lowest BCUT2D eigenvalue weighted by atomic mass is 9.86. The number of methoxy groups -OCH3 is 1. The summed E-state index contributed by atoms with van der Waals surface area (Å²) in [7, 11) is 1.62. The molecule has 0 fully saturated rings. The summed E-state index contributed by atoms with van der Waals surface area (Å²) in [6.45, 7) is 9.47. The quantitative estimate of drug-likeness (QED) is 0.125. The largest absolute Gasteiger partial charge is 0.497 e. The smallest absolute Gasteiger partial charge is 0.189 e. The van der Waals surface area contributed by atoms with E-state index in [0.717, 1.165) is 24.2 Å². The lowest BCUT2D eigenvalue weighted by Crippen LogP contribution is -2.10. The van der Waals surface area contributed by atoms with Crippen molar-refractivity contribution in [3.8, 4) is 5.75 Å². The van der Waals surface area contributed by atoms with Crippen molar-refractivity contribution in [2.24, 2.45) is 0 Å². The predicted molar refractivity (Wildman–Crippen MR) is 139 cm³/mol. The lowest BCUT2D eigenvalue weighted by molar-refractivity contribution is 0.104. The molecule has 3 nitrogen and oxygen atoms in total. The fourth-order valence-electron chi connectivity index (χ4n) is 3.72. The van der Waals surface area contributed by atoms with Gasteiger partial charge in [0.15, 0.2) is 5.78 Å². The lowest BCUT2D eigenvalue weighted by Gasteiger charge is -2.19. The second kappa shape index (κ2) is 13.9. The Balaban J connectivity index is 2.04. The molecule has 3 heteroatoms. The number of rotatable bonds is 14. The molecule has 0 aliphatic heterocycles. The number of ketones is 1. The Morgan fingerprint density at radius 2 is 1.33 bits per heavy atom. The molecule has 180 valence electrons. The van der Waals surface area contributed by atoms with Crippen molar-refractivity contribution in [3.05, 3.63) is 71.3 Å². The number of ether oxygens (including phenoxy) is 2.